The molecule has 0 spiro atoms. The van der Waals surface area contributed by atoms with Crippen LogP contribution >= 0.6 is 11.6 Å². The molecule has 2 bridgehead atoms. The van der Waals surface area contributed by atoms with E-state index in [1.54, 1.807) is 0 Å². The van der Waals surface area contributed by atoms with Crippen LogP contribution in [0.2, 0.25) is 5.15 Å². The lowest BCUT2D eigenvalue weighted by Crippen LogP contribution is -2.45. The minimum atomic E-state index is 0.574. The fourth-order valence-electron chi connectivity index (χ4n) is 3.30. The van der Waals surface area contributed by atoms with E-state index in [2.05, 4.69) is 27.9 Å². The topological polar surface area (TPSA) is 19.4 Å². The lowest BCUT2D eigenvalue weighted by atomic mass is 9.96. The highest BCUT2D eigenvalue weighted by Gasteiger charge is 2.32. The van der Waals surface area contributed by atoms with Gasteiger partial charge in [0.15, 0.2) is 0 Å². The smallest absolute Gasteiger partial charge is 0.129 e. The predicted molar refractivity (Wildman–Crippen MR) is 75.3 cm³/mol. The Morgan fingerprint density at radius 1 is 1.22 bits per heavy atom. The van der Waals surface area contributed by atoms with Crippen LogP contribution in [-0.4, -0.2) is 42.1 Å². The Morgan fingerprint density at radius 3 is 2.83 bits per heavy atom. The molecule has 2 aliphatic heterocycles. The molecule has 2 unspecified atom stereocenters. The van der Waals surface area contributed by atoms with Crippen molar-refractivity contribution in [3.63, 3.8) is 0 Å². The summed E-state index contributed by atoms with van der Waals surface area (Å²) in [5, 5.41) is 0.574. The van der Waals surface area contributed by atoms with Gasteiger partial charge in [-0.05, 0) is 38.4 Å². The number of anilines is 1. The zero-order valence-electron chi connectivity index (χ0n) is 10.8. The lowest BCUT2D eigenvalue weighted by Gasteiger charge is -2.37. The van der Waals surface area contributed by atoms with Crippen molar-refractivity contribution < 1.29 is 0 Å². The summed E-state index contributed by atoms with van der Waals surface area (Å²) in [6.45, 7) is 2.26. The minimum Gasteiger partial charge on any atom is -0.369 e. The molecular weight excluding hydrogens is 246 g/mol. The van der Waals surface area contributed by atoms with Crippen LogP contribution in [0.25, 0.3) is 0 Å². The summed E-state index contributed by atoms with van der Waals surface area (Å²) in [6, 6.07) is 5.44. The first-order valence-corrected chi connectivity index (χ1v) is 7.20. The molecule has 2 atom stereocenters. The summed E-state index contributed by atoms with van der Waals surface area (Å²) in [4.78, 5) is 9.26. The van der Waals surface area contributed by atoms with Gasteiger partial charge in [0, 0.05) is 25.2 Å². The van der Waals surface area contributed by atoms with Gasteiger partial charge in [0.05, 0.1) is 11.9 Å². The van der Waals surface area contributed by atoms with Crippen molar-refractivity contribution in [3.05, 3.63) is 23.5 Å². The number of likely N-dealkylation sites (N-methyl/N-ethyl adjacent to an activating group) is 1. The van der Waals surface area contributed by atoms with Crippen molar-refractivity contribution in [2.45, 2.75) is 37.8 Å². The number of hydrogen-bond acceptors (Lipinski definition) is 3. The third-order valence-corrected chi connectivity index (χ3v) is 4.69. The molecule has 1 aromatic heterocycles. The van der Waals surface area contributed by atoms with E-state index in [1.165, 1.54) is 31.4 Å². The number of rotatable bonds is 1. The van der Waals surface area contributed by atoms with Gasteiger partial charge >= 0.3 is 0 Å². The average Bonchev–Trinajstić information content (AvgIpc) is 2.48. The van der Waals surface area contributed by atoms with Crippen LogP contribution in [0.15, 0.2) is 18.3 Å². The highest BCUT2D eigenvalue weighted by molar-refractivity contribution is 6.29. The second-order valence-electron chi connectivity index (χ2n) is 5.48. The molecule has 2 aliphatic rings. The van der Waals surface area contributed by atoms with Crippen LogP contribution in [0.1, 0.15) is 25.7 Å². The molecule has 2 saturated heterocycles. The van der Waals surface area contributed by atoms with Gasteiger partial charge in [0.2, 0.25) is 0 Å². The molecule has 4 heteroatoms. The molecule has 1 aromatic rings. The Bertz CT molecular complexity index is 406. The fourth-order valence-corrected chi connectivity index (χ4v) is 3.41. The SMILES string of the molecule is CN1C2CCCC1CN(c1ccc(Cl)nc1)CC2. The van der Waals surface area contributed by atoms with E-state index in [0.29, 0.717) is 11.2 Å². The molecule has 0 aromatic carbocycles. The van der Waals surface area contributed by atoms with Crippen molar-refractivity contribution in [2.75, 3.05) is 25.0 Å². The molecule has 18 heavy (non-hydrogen) atoms. The standard InChI is InChI=1S/C14H20ClN3/c1-17-11-3-2-4-13(17)10-18(8-7-11)12-5-6-14(15)16-9-12/h5-6,9,11,13H,2-4,7-8,10H2,1H3. The van der Waals surface area contributed by atoms with Gasteiger partial charge < -0.3 is 4.90 Å². The summed E-state index contributed by atoms with van der Waals surface area (Å²) in [5.41, 5.74) is 1.21. The molecule has 0 radical (unpaired) electrons. The Labute approximate surface area is 114 Å². The molecule has 3 heterocycles. The molecule has 0 aliphatic carbocycles. The Kier molecular flexibility index (Phi) is 3.44. The summed E-state index contributed by atoms with van der Waals surface area (Å²) < 4.78 is 0. The molecule has 3 rings (SSSR count). The van der Waals surface area contributed by atoms with E-state index in [4.69, 9.17) is 11.6 Å². The van der Waals surface area contributed by atoms with Crippen molar-refractivity contribution in [1.82, 2.24) is 9.88 Å². The number of aromatic nitrogens is 1. The van der Waals surface area contributed by atoms with E-state index in [0.717, 1.165) is 19.1 Å². The quantitative estimate of drug-likeness (QED) is 0.728. The second-order valence-corrected chi connectivity index (χ2v) is 5.87. The van der Waals surface area contributed by atoms with Gasteiger partial charge in [0.25, 0.3) is 0 Å². The molecule has 0 saturated carbocycles. The third-order valence-electron chi connectivity index (χ3n) is 4.47. The van der Waals surface area contributed by atoms with E-state index < -0.39 is 0 Å². The van der Waals surface area contributed by atoms with Crippen molar-refractivity contribution in [2.24, 2.45) is 0 Å². The fraction of sp³-hybridized carbons (Fsp3) is 0.643. The van der Waals surface area contributed by atoms with Crippen molar-refractivity contribution >= 4 is 17.3 Å². The van der Waals surface area contributed by atoms with Gasteiger partial charge in [-0.15, -0.1) is 0 Å². The number of fused-ring (bicyclic) bond motifs is 2. The Balaban J connectivity index is 1.79. The van der Waals surface area contributed by atoms with E-state index in [9.17, 15) is 0 Å². The van der Waals surface area contributed by atoms with Crippen LogP contribution in [0, 0.1) is 0 Å². The Hall–Kier alpha value is -0.800. The zero-order valence-corrected chi connectivity index (χ0v) is 11.6. The number of pyridine rings is 1. The van der Waals surface area contributed by atoms with Crippen LogP contribution in [0.5, 0.6) is 0 Å². The highest BCUT2D eigenvalue weighted by Crippen LogP contribution is 2.29. The van der Waals surface area contributed by atoms with Gasteiger partial charge in [0.1, 0.15) is 5.15 Å². The number of halogens is 1. The predicted octanol–water partition coefficient (Wildman–Crippen LogP) is 2.80. The lowest BCUT2D eigenvalue weighted by molar-refractivity contribution is 0.127. The zero-order chi connectivity index (χ0) is 12.5. The van der Waals surface area contributed by atoms with E-state index >= 15 is 0 Å². The summed E-state index contributed by atoms with van der Waals surface area (Å²) in [6.07, 6.45) is 7.23. The third kappa shape index (κ3) is 2.34. The first-order valence-electron chi connectivity index (χ1n) is 6.82. The number of nitrogens with zero attached hydrogens (tertiary/aromatic N) is 3. The highest BCUT2D eigenvalue weighted by atomic mass is 35.5. The number of piperidine rings is 1. The summed E-state index contributed by atoms with van der Waals surface area (Å²) >= 11 is 5.86. The van der Waals surface area contributed by atoms with Gasteiger partial charge in [-0.1, -0.05) is 18.0 Å². The maximum absolute atomic E-state index is 5.86. The summed E-state index contributed by atoms with van der Waals surface area (Å²) in [5.74, 6) is 0. The number of hydrogen-bond donors (Lipinski definition) is 0. The molecule has 2 fully saturated rings. The molecule has 3 nitrogen and oxygen atoms in total. The molecule has 0 amide bonds. The largest absolute Gasteiger partial charge is 0.369 e. The molecule has 0 N–H and O–H groups in total. The maximum Gasteiger partial charge on any atom is 0.129 e. The van der Waals surface area contributed by atoms with E-state index in [-0.39, 0.29) is 0 Å². The second kappa shape index (κ2) is 5.06. The van der Waals surface area contributed by atoms with Gasteiger partial charge in [-0.3, -0.25) is 4.90 Å². The van der Waals surface area contributed by atoms with Crippen LogP contribution in [0.4, 0.5) is 5.69 Å². The van der Waals surface area contributed by atoms with Crippen LogP contribution in [0.3, 0.4) is 0 Å². The molecular formula is C14H20ClN3. The van der Waals surface area contributed by atoms with Gasteiger partial charge in [-0.25, -0.2) is 4.98 Å². The van der Waals surface area contributed by atoms with Crippen LogP contribution < -0.4 is 4.90 Å². The summed E-state index contributed by atoms with van der Waals surface area (Å²) in [7, 11) is 2.29. The average molecular weight is 266 g/mol. The normalized spacial score (nSPS) is 29.1. The van der Waals surface area contributed by atoms with E-state index in [1.807, 2.05) is 12.3 Å². The first-order chi connectivity index (χ1) is 8.74. The minimum absolute atomic E-state index is 0.574. The van der Waals surface area contributed by atoms with Crippen molar-refractivity contribution in [1.29, 1.82) is 0 Å². The first kappa shape index (κ1) is 12.2. The van der Waals surface area contributed by atoms with Gasteiger partial charge in [-0.2, -0.15) is 0 Å². The molecule has 98 valence electrons. The van der Waals surface area contributed by atoms with Crippen LogP contribution in [-0.2, 0) is 0 Å². The Morgan fingerprint density at radius 2 is 2.06 bits per heavy atom. The monoisotopic (exact) mass is 265 g/mol. The maximum atomic E-state index is 5.86. The van der Waals surface area contributed by atoms with Crippen molar-refractivity contribution in [3.8, 4) is 0 Å².